The molecule has 0 radical (unpaired) electrons. The zero-order valence-corrected chi connectivity index (χ0v) is 24.2. The molecule has 0 heterocycles. The van der Waals surface area contributed by atoms with Gasteiger partial charge in [0.25, 0.3) is 0 Å². The Balaban J connectivity index is 1.97. The lowest BCUT2D eigenvalue weighted by Crippen LogP contribution is -2.53. The molecule has 202 valence electrons. The molecule has 0 aromatic heterocycles. The van der Waals surface area contributed by atoms with Crippen molar-refractivity contribution in [2.24, 2.45) is 0 Å². The van der Waals surface area contributed by atoms with Crippen LogP contribution < -0.4 is 9.62 Å². The van der Waals surface area contributed by atoms with Gasteiger partial charge in [0.15, 0.2) is 0 Å². The van der Waals surface area contributed by atoms with E-state index in [0.29, 0.717) is 6.42 Å². The lowest BCUT2D eigenvalue weighted by Gasteiger charge is -2.33. The van der Waals surface area contributed by atoms with Crippen LogP contribution in [0.1, 0.15) is 50.2 Å². The molecule has 1 atom stereocenters. The molecule has 1 saturated carbocycles. The summed E-state index contributed by atoms with van der Waals surface area (Å²) in [5.41, 5.74) is 1.87. The van der Waals surface area contributed by atoms with E-state index < -0.39 is 28.5 Å². The van der Waals surface area contributed by atoms with Crippen LogP contribution in [-0.2, 0) is 26.2 Å². The van der Waals surface area contributed by atoms with Crippen molar-refractivity contribution in [3.8, 4) is 0 Å². The SMILES string of the molecule is CC[C@H](C(=O)NC1CCCC1)N(Cc1cccc(C)c1)C(=O)CN(c1cc(Cl)c(Cl)cc1Cl)S(C)(=O)=O. The number of rotatable bonds is 10. The second kappa shape index (κ2) is 12.7. The topological polar surface area (TPSA) is 86.8 Å². The maximum atomic E-state index is 13.8. The normalized spacial score (nSPS) is 14.9. The number of sulfonamides is 1. The van der Waals surface area contributed by atoms with Gasteiger partial charge in [-0.05, 0) is 43.9 Å². The predicted molar refractivity (Wildman–Crippen MR) is 150 cm³/mol. The maximum Gasteiger partial charge on any atom is 0.244 e. The first-order valence-electron chi connectivity index (χ1n) is 12.2. The Morgan fingerprint density at radius 3 is 2.30 bits per heavy atom. The van der Waals surface area contributed by atoms with Gasteiger partial charge in [-0.2, -0.15) is 0 Å². The van der Waals surface area contributed by atoms with Crippen molar-refractivity contribution in [2.75, 3.05) is 17.1 Å². The van der Waals surface area contributed by atoms with Gasteiger partial charge < -0.3 is 10.2 Å². The van der Waals surface area contributed by atoms with Gasteiger partial charge in [-0.15, -0.1) is 0 Å². The molecule has 1 N–H and O–H groups in total. The number of benzene rings is 2. The van der Waals surface area contributed by atoms with E-state index in [-0.39, 0.29) is 39.2 Å². The van der Waals surface area contributed by atoms with Gasteiger partial charge in [-0.25, -0.2) is 8.42 Å². The number of nitrogens with zero attached hydrogens (tertiary/aromatic N) is 2. The highest BCUT2D eigenvalue weighted by Gasteiger charge is 2.33. The first-order chi connectivity index (χ1) is 17.4. The molecule has 0 bridgehead atoms. The van der Waals surface area contributed by atoms with Crippen molar-refractivity contribution < 1.29 is 18.0 Å². The summed E-state index contributed by atoms with van der Waals surface area (Å²) in [5, 5.41) is 3.37. The summed E-state index contributed by atoms with van der Waals surface area (Å²) in [5.74, 6) is -0.781. The third kappa shape index (κ3) is 7.76. The highest BCUT2D eigenvalue weighted by atomic mass is 35.5. The fourth-order valence-corrected chi connectivity index (χ4v) is 6.14. The van der Waals surface area contributed by atoms with Crippen LogP contribution in [0, 0.1) is 6.92 Å². The third-order valence-electron chi connectivity index (χ3n) is 6.46. The minimum absolute atomic E-state index is 0.0314. The first-order valence-corrected chi connectivity index (χ1v) is 15.2. The Bertz CT molecular complexity index is 1250. The second-order valence-electron chi connectivity index (χ2n) is 9.41. The van der Waals surface area contributed by atoms with E-state index in [4.69, 9.17) is 34.8 Å². The Labute approximate surface area is 234 Å². The largest absolute Gasteiger partial charge is 0.352 e. The Morgan fingerprint density at radius 2 is 1.70 bits per heavy atom. The number of hydrogen-bond acceptors (Lipinski definition) is 4. The zero-order valence-electron chi connectivity index (χ0n) is 21.1. The van der Waals surface area contributed by atoms with E-state index in [9.17, 15) is 18.0 Å². The number of anilines is 1. The molecule has 0 spiro atoms. The number of nitrogens with one attached hydrogen (secondary N) is 1. The second-order valence-corrected chi connectivity index (χ2v) is 12.5. The molecule has 0 aliphatic heterocycles. The van der Waals surface area contributed by atoms with Crippen LogP contribution in [0.5, 0.6) is 0 Å². The Morgan fingerprint density at radius 1 is 1.05 bits per heavy atom. The molecule has 0 saturated heterocycles. The van der Waals surface area contributed by atoms with E-state index in [1.54, 1.807) is 0 Å². The smallest absolute Gasteiger partial charge is 0.244 e. The number of halogens is 3. The molecule has 11 heteroatoms. The lowest BCUT2D eigenvalue weighted by atomic mass is 10.1. The van der Waals surface area contributed by atoms with Gasteiger partial charge in [0.1, 0.15) is 12.6 Å². The zero-order chi connectivity index (χ0) is 27.3. The van der Waals surface area contributed by atoms with E-state index in [1.807, 2.05) is 38.1 Å². The van der Waals surface area contributed by atoms with Crippen LogP contribution in [0.15, 0.2) is 36.4 Å². The van der Waals surface area contributed by atoms with Crippen LogP contribution in [-0.4, -0.2) is 50.0 Å². The number of carbonyl (C=O) groups excluding carboxylic acids is 2. The molecule has 1 fully saturated rings. The number of aryl methyl sites for hydroxylation is 1. The highest BCUT2D eigenvalue weighted by Crippen LogP contribution is 2.35. The molecule has 1 aliphatic rings. The maximum absolute atomic E-state index is 13.8. The Hall–Kier alpha value is -2.00. The minimum atomic E-state index is -3.95. The van der Waals surface area contributed by atoms with Crippen LogP contribution in [0.3, 0.4) is 0 Å². The Kier molecular flexibility index (Phi) is 10.1. The highest BCUT2D eigenvalue weighted by molar-refractivity contribution is 7.92. The standard InChI is InChI=1S/C26H32Cl3N3O4S/c1-4-23(26(34)30-19-10-5-6-11-19)31(15-18-9-7-8-17(2)12-18)25(33)16-32(37(3,35)36)24-14-21(28)20(27)13-22(24)29/h7-9,12-14,19,23H,4-6,10-11,15-16H2,1-3H3,(H,30,34)/t23-/m1/s1. The molecule has 2 aromatic rings. The summed E-state index contributed by atoms with van der Waals surface area (Å²) in [4.78, 5) is 28.6. The average molecular weight is 589 g/mol. The summed E-state index contributed by atoms with van der Waals surface area (Å²) < 4.78 is 26.5. The molecule has 1 aliphatic carbocycles. The summed E-state index contributed by atoms with van der Waals surface area (Å²) in [6.45, 7) is 3.36. The monoisotopic (exact) mass is 587 g/mol. The summed E-state index contributed by atoms with van der Waals surface area (Å²) in [7, 11) is -3.95. The molecular weight excluding hydrogens is 557 g/mol. The first kappa shape index (κ1) is 29.6. The quantitative estimate of drug-likeness (QED) is 0.367. The molecule has 0 unspecified atom stereocenters. The van der Waals surface area contributed by atoms with Gasteiger partial charge >= 0.3 is 0 Å². The molecule has 7 nitrogen and oxygen atoms in total. The van der Waals surface area contributed by atoms with Gasteiger partial charge in [0, 0.05) is 12.6 Å². The molecule has 3 rings (SSSR count). The number of amides is 2. The van der Waals surface area contributed by atoms with E-state index in [0.717, 1.165) is 47.4 Å². The third-order valence-corrected chi connectivity index (χ3v) is 8.61. The van der Waals surface area contributed by atoms with Crippen LogP contribution >= 0.6 is 34.8 Å². The fourth-order valence-electron chi connectivity index (χ4n) is 4.59. The van der Waals surface area contributed by atoms with Crippen molar-refractivity contribution in [3.05, 3.63) is 62.6 Å². The predicted octanol–water partition coefficient (Wildman–Crippen LogP) is 5.59. The van der Waals surface area contributed by atoms with Crippen LogP contribution in [0.2, 0.25) is 15.1 Å². The van der Waals surface area contributed by atoms with E-state index >= 15 is 0 Å². The van der Waals surface area contributed by atoms with Gasteiger partial charge in [0.05, 0.1) is 27.0 Å². The van der Waals surface area contributed by atoms with Gasteiger partial charge in [-0.3, -0.25) is 13.9 Å². The van der Waals surface area contributed by atoms with Crippen molar-refractivity contribution in [2.45, 2.75) is 64.6 Å². The molecule has 37 heavy (non-hydrogen) atoms. The van der Waals surface area contributed by atoms with Crippen molar-refractivity contribution in [3.63, 3.8) is 0 Å². The number of carbonyl (C=O) groups is 2. The van der Waals surface area contributed by atoms with Crippen LogP contribution in [0.4, 0.5) is 5.69 Å². The van der Waals surface area contributed by atoms with E-state index in [2.05, 4.69) is 5.32 Å². The summed E-state index contributed by atoms with van der Waals surface area (Å²) in [6, 6.07) is 9.58. The summed E-state index contributed by atoms with van der Waals surface area (Å²) >= 11 is 18.5. The van der Waals surface area contributed by atoms with Gasteiger partial charge in [0.2, 0.25) is 21.8 Å². The van der Waals surface area contributed by atoms with Crippen molar-refractivity contribution >= 4 is 62.3 Å². The van der Waals surface area contributed by atoms with Crippen molar-refractivity contribution in [1.82, 2.24) is 10.2 Å². The minimum Gasteiger partial charge on any atom is -0.352 e. The lowest BCUT2D eigenvalue weighted by molar-refractivity contribution is -0.140. The molecular formula is C26H32Cl3N3O4S. The van der Waals surface area contributed by atoms with E-state index in [1.165, 1.54) is 17.0 Å². The summed E-state index contributed by atoms with van der Waals surface area (Å²) in [6.07, 6.45) is 5.27. The molecule has 2 amide bonds. The molecule has 2 aromatic carbocycles. The fraction of sp³-hybridized carbons (Fsp3) is 0.462. The van der Waals surface area contributed by atoms with Crippen LogP contribution in [0.25, 0.3) is 0 Å². The van der Waals surface area contributed by atoms with Crippen molar-refractivity contribution in [1.29, 1.82) is 0 Å². The number of hydrogen-bond donors (Lipinski definition) is 1. The van der Waals surface area contributed by atoms with Gasteiger partial charge in [-0.1, -0.05) is 84.4 Å². The average Bonchev–Trinajstić information content (AvgIpc) is 3.32.